The highest BCUT2D eigenvalue weighted by Gasteiger charge is 2.46. The second kappa shape index (κ2) is 18.3. The summed E-state index contributed by atoms with van der Waals surface area (Å²) in [5, 5.41) is 43.9. The van der Waals surface area contributed by atoms with Crippen LogP contribution in [0.5, 0.6) is 0 Å². The third-order valence-corrected chi connectivity index (χ3v) is 15.4. The molecule has 2 aliphatic heterocycles. The fourth-order valence-electron chi connectivity index (χ4n) is 12.2. The van der Waals surface area contributed by atoms with Gasteiger partial charge in [-0.2, -0.15) is 21.0 Å². The zero-order valence-electron chi connectivity index (χ0n) is 41.8. The average Bonchev–Trinajstić information content (AvgIpc) is 3.42. The molecule has 12 aromatic rings. The molecule has 0 aliphatic carbocycles. The van der Waals surface area contributed by atoms with E-state index < -0.39 is 6.71 Å². The highest BCUT2D eigenvalue weighted by atomic mass is 15.2. The summed E-state index contributed by atoms with van der Waals surface area (Å²) < 4.78 is 2.26. The number of para-hydroxylation sites is 2. The summed E-state index contributed by atoms with van der Waals surface area (Å²) in [6, 6.07) is 93.0. The Bertz CT molecular complexity index is 4210. The largest absolute Gasteiger partial charge is 0.310 e. The van der Waals surface area contributed by atoms with Gasteiger partial charge in [-0.3, -0.25) is 0 Å². The molecule has 2 aliphatic rings. The summed E-state index contributed by atoms with van der Waals surface area (Å²) in [4.78, 5) is 4.82. The molecule has 3 heterocycles. The van der Waals surface area contributed by atoms with Crippen LogP contribution in [0.25, 0.3) is 72.0 Å². The predicted molar refractivity (Wildman–Crippen MR) is 315 cm³/mol. The van der Waals surface area contributed by atoms with Crippen molar-refractivity contribution in [1.29, 1.82) is 21.0 Å². The lowest BCUT2D eigenvalue weighted by Gasteiger charge is -2.46. The molecule has 0 amide bonds. The molecular weight excluding hydrogens is 950 g/mol. The maximum atomic E-state index is 10.8. The first-order valence-electron chi connectivity index (χ1n) is 25.8. The van der Waals surface area contributed by atoms with Gasteiger partial charge in [0.25, 0.3) is 6.71 Å². The number of hydrogen-bond donors (Lipinski definition) is 0. The van der Waals surface area contributed by atoms with Crippen LogP contribution in [-0.2, 0) is 0 Å². The standard InChI is InChI=1S/C70H40BN7/c72-41-45-27-31-62-58(35-45)59-36-46(42-73)28-32-63(59)76(62)53-39-66-68-67(40-53)78(70-56(51-19-9-3-10-20-51)25-14-26-57(70)52-21-11-4-12-22-52)65-34-30-48(44-75)38-61(65)71(68)60-37-47(43-74)29-33-64(60)77(66)69-54(49-15-5-1-6-16-49)23-13-24-55(69)50-17-7-2-8-18-50/h1-40H. The Morgan fingerprint density at radius 1 is 0.308 bits per heavy atom. The van der Waals surface area contributed by atoms with Crippen LogP contribution in [0.2, 0.25) is 0 Å². The van der Waals surface area contributed by atoms with Gasteiger partial charge in [0.1, 0.15) is 0 Å². The molecule has 0 atom stereocenters. The quantitative estimate of drug-likeness (QED) is 0.147. The van der Waals surface area contributed by atoms with Crippen LogP contribution in [0.1, 0.15) is 22.3 Å². The van der Waals surface area contributed by atoms with Crippen molar-refractivity contribution in [2.24, 2.45) is 0 Å². The van der Waals surface area contributed by atoms with Crippen molar-refractivity contribution < 1.29 is 0 Å². The van der Waals surface area contributed by atoms with E-state index in [0.717, 1.165) is 123 Å². The summed E-state index contributed by atoms with van der Waals surface area (Å²) in [5.74, 6) is 0. The maximum absolute atomic E-state index is 10.8. The van der Waals surface area contributed by atoms with Gasteiger partial charge in [0.2, 0.25) is 0 Å². The van der Waals surface area contributed by atoms with E-state index in [1.807, 2.05) is 84.9 Å². The van der Waals surface area contributed by atoms with Crippen LogP contribution >= 0.6 is 0 Å². The van der Waals surface area contributed by atoms with Crippen LogP contribution in [0.4, 0.5) is 34.1 Å². The number of hydrogen-bond acceptors (Lipinski definition) is 6. The van der Waals surface area contributed by atoms with Crippen LogP contribution in [0.3, 0.4) is 0 Å². The van der Waals surface area contributed by atoms with Crippen LogP contribution in [0.15, 0.2) is 243 Å². The number of aromatic nitrogens is 1. The van der Waals surface area contributed by atoms with E-state index in [9.17, 15) is 21.0 Å². The second-order valence-corrected chi connectivity index (χ2v) is 19.7. The summed E-state index contributed by atoms with van der Waals surface area (Å²) in [5.41, 5.74) is 21.2. The molecule has 0 fully saturated rings. The van der Waals surface area contributed by atoms with E-state index in [-0.39, 0.29) is 0 Å². The van der Waals surface area contributed by atoms with Crippen molar-refractivity contribution in [3.8, 4) is 74.5 Å². The van der Waals surface area contributed by atoms with Crippen LogP contribution in [-0.4, -0.2) is 11.3 Å². The highest BCUT2D eigenvalue weighted by Crippen LogP contribution is 2.53. The molecule has 11 aromatic carbocycles. The van der Waals surface area contributed by atoms with Crippen LogP contribution < -0.4 is 26.2 Å². The number of rotatable bonds is 7. The van der Waals surface area contributed by atoms with Crippen molar-refractivity contribution >= 4 is 79.0 Å². The Labute approximate surface area is 451 Å². The molecule has 0 N–H and O–H groups in total. The molecule has 0 saturated heterocycles. The molecule has 14 rings (SSSR count). The second-order valence-electron chi connectivity index (χ2n) is 19.7. The maximum Gasteiger partial charge on any atom is 0.252 e. The summed E-state index contributed by atoms with van der Waals surface area (Å²) in [6.45, 7) is -0.453. The molecule has 0 unspecified atom stereocenters. The van der Waals surface area contributed by atoms with Gasteiger partial charge in [-0.1, -0.05) is 158 Å². The molecule has 1 aromatic heterocycles. The summed E-state index contributed by atoms with van der Waals surface area (Å²) in [7, 11) is 0. The molecule has 7 nitrogen and oxygen atoms in total. The van der Waals surface area contributed by atoms with Gasteiger partial charge in [0.15, 0.2) is 0 Å². The fraction of sp³-hybridized carbons (Fsp3) is 0. The van der Waals surface area contributed by atoms with E-state index in [4.69, 9.17) is 0 Å². The summed E-state index contributed by atoms with van der Waals surface area (Å²) >= 11 is 0. The van der Waals surface area contributed by atoms with Gasteiger partial charge in [-0.25, -0.2) is 0 Å². The molecular formula is C70H40BN7. The number of nitrogens with zero attached hydrogens (tertiary/aromatic N) is 7. The lowest BCUT2D eigenvalue weighted by molar-refractivity contribution is 1.16. The van der Waals surface area contributed by atoms with Crippen molar-refractivity contribution in [3.63, 3.8) is 0 Å². The smallest absolute Gasteiger partial charge is 0.252 e. The Morgan fingerprint density at radius 2 is 0.641 bits per heavy atom. The topological polar surface area (TPSA) is 107 Å². The fourth-order valence-corrected chi connectivity index (χ4v) is 12.2. The van der Waals surface area contributed by atoms with E-state index in [2.05, 4.69) is 196 Å². The summed E-state index contributed by atoms with van der Waals surface area (Å²) in [6.07, 6.45) is 0. The van der Waals surface area contributed by atoms with Crippen molar-refractivity contribution in [2.75, 3.05) is 9.80 Å². The van der Waals surface area contributed by atoms with E-state index in [1.54, 1.807) is 0 Å². The molecule has 0 bridgehead atoms. The van der Waals surface area contributed by atoms with Gasteiger partial charge in [-0.15, -0.1) is 0 Å². The third-order valence-electron chi connectivity index (χ3n) is 15.4. The zero-order chi connectivity index (χ0) is 52.4. The van der Waals surface area contributed by atoms with Gasteiger partial charge in [0.05, 0.1) is 74.6 Å². The number of benzene rings is 11. The Morgan fingerprint density at radius 3 is 0.987 bits per heavy atom. The van der Waals surface area contributed by atoms with E-state index >= 15 is 0 Å². The van der Waals surface area contributed by atoms with Crippen LogP contribution in [0, 0.1) is 45.3 Å². The molecule has 358 valence electrons. The third kappa shape index (κ3) is 7.11. The normalized spacial score (nSPS) is 12.0. The molecule has 0 saturated carbocycles. The first kappa shape index (κ1) is 45.5. The number of fused-ring (bicyclic) bond motifs is 7. The number of anilines is 6. The van der Waals surface area contributed by atoms with Gasteiger partial charge in [-0.05, 0) is 124 Å². The lowest BCUT2D eigenvalue weighted by Crippen LogP contribution is -2.61. The lowest BCUT2D eigenvalue weighted by atomic mass is 9.33. The van der Waals surface area contributed by atoms with Gasteiger partial charge >= 0.3 is 0 Å². The minimum atomic E-state index is -0.453. The molecule has 0 spiro atoms. The average molecular weight is 990 g/mol. The first-order chi connectivity index (χ1) is 38.5. The Kier molecular flexibility index (Phi) is 10.7. The zero-order valence-corrected chi connectivity index (χ0v) is 41.8. The van der Waals surface area contributed by atoms with Gasteiger partial charge < -0.3 is 14.4 Å². The SMILES string of the molecule is N#Cc1ccc2c(c1)B1c3cc(C#N)ccc3N(c3c(-c4ccccc4)cccc3-c3ccccc3)c3cc(-n4c5ccc(C#N)cc5c5cc(C#N)ccc54)cc(c31)N2c1c(-c2ccccc2)cccc1-c1ccccc1. The minimum absolute atomic E-state index is 0.453. The molecule has 0 radical (unpaired) electrons. The number of nitriles is 4. The molecule has 8 heteroatoms. The molecule has 78 heavy (non-hydrogen) atoms. The Hall–Kier alpha value is -11.2. The van der Waals surface area contributed by atoms with Crippen molar-refractivity contribution in [2.45, 2.75) is 0 Å². The first-order valence-corrected chi connectivity index (χ1v) is 25.8. The highest BCUT2D eigenvalue weighted by molar-refractivity contribution is 7.00. The monoisotopic (exact) mass is 989 g/mol. The van der Waals surface area contributed by atoms with Crippen molar-refractivity contribution in [3.05, 3.63) is 265 Å². The minimum Gasteiger partial charge on any atom is -0.310 e. The van der Waals surface area contributed by atoms with E-state index in [1.165, 1.54) is 0 Å². The van der Waals surface area contributed by atoms with Gasteiger partial charge in [0, 0.05) is 55.8 Å². The Balaban J connectivity index is 1.20. The predicted octanol–water partition coefficient (Wildman–Crippen LogP) is 15.0. The van der Waals surface area contributed by atoms with E-state index in [0.29, 0.717) is 22.3 Å². The van der Waals surface area contributed by atoms with Crippen molar-refractivity contribution in [1.82, 2.24) is 4.57 Å².